The molecule has 0 bridgehead atoms. The average molecular weight is 485 g/mol. The molecule has 1 aliphatic carbocycles. The number of rotatable bonds is 4. The summed E-state index contributed by atoms with van der Waals surface area (Å²) < 4.78 is 1.15. The fourth-order valence-corrected chi connectivity index (χ4v) is 4.07. The van der Waals surface area contributed by atoms with Crippen LogP contribution >= 0.6 is 51.2 Å². The monoisotopic (exact) mass is 484 g/mol. The third-order valence-corrected chi connectivity index (χ3v) is 5.60. The average Bonchev–Trinajstić information content (AvgIpc) is 3.06. The third-order valence-electron chi connectivity index (χ3n) is 3.90. The molecule has 4 nitrogen and oxygen atoms in total. The summed E-state index contributed by atoms with van der Waals surface area (Å²) in [7, 11) is 1.84. The lowest BCUT2D eigenvalue weighted by Crippen LogP contribution is -2.44. The predicted octanol–water partition coefficient (Wildman–Crippen LogP) is 3.03. The molecular weight excluding hydrogens is 463 g/mol. The van der Waals surface area contributed by atoms with Crippen molar-refractivity contribution in [3.05, 3.63) is 20.8 Å². The zero-order chi connectivity index (χ0) is 13.9. The molecule has 0 aromatic carbocycles. The number of hydrogen-bond acceptors (Lipinski definition) is 3. The van der Waals surface area contributed by atoms with E-state index in [1.807, 2.05) is 7.05 Å². The van der Waals surface area contributed by atoms with Crippen molar-refractivity contribution in [2.24, 2.45) is 4.99 Å². The standard InChI is InChI=1S/C14H21BrN4S.HI/c1-16-14(17-7-13-6-10(15)9-20-13)18-11-4-5-19(8-11)12-2-3-12;/h6,9,11-12H,2-5,7-8H2,1H3,(H2,16,17,18);1H. The van der Waals surface area contributed by atoms with Crippen LogP contribution in [0.3, 0.4) is 0 Å². The predicted molar refractivity (Wildman–Crippen MR) is 104 cm³/mol. The van der Waals surface area contributed by atoms with Crippen molar-refractivity contribution < 1.29 is 0 Å². The summed E-state index contributed by atoms with van der Waals surface area (Å²) in [6.07, 6.45) is 4.02. The zero-order valence-corrected chi connectivity index (χ0v) is 16.9. The van der Waals surface area contributed by atoms with Crippen LogP contribution in [0.2, 0.25) is 0 Å². The summed E-state index contributed by atoms with van der Waals surface area (Å²) in [6.45, 7) is 3.22. The van der Waals surface area contributed by atoms with Gasteiger partial charge in [0, 0.05) is 47.0 Å². The van der Waals surface area contributed by atoms with E-state index in [1.54, 1.807) is 11.3 Å². The van der Waals surface area contributed by atoms with E-state index >= 15 is 0 Å². The molecule has 7 heteroatoms. The molecule has 3 rings (SSSR count). The van der Waals surface area contributed by atoms with Crippen molar-refractivity contribution in [1.29, 1.82) is 0 Å². The van der Waals surface area contributed by atoms with Gasteiger partial charge in [-0.1, -0.05) is 0 Å². The minimum atomic E-state index is 0. The first-order chi connectivity index (χ1) is 9.74. The number of nitrogens with zero attached hydrogens (tertiary/aromatic N) is 2. The molecule has 118 valence electrons. The Morgan fingerprint density at radius 2 is 2.29 bits per heavy atom. The molecule has 1 atom stereocenters. The Balaban J connectivity index is 0.00000161. The number of aliphatic imine (C=N–C) groups is 1. The van der Waals surface area contributed by atoms with E-state index < -0.39 is 0 Å². The minimum absolute atomic E-state index is 0. The largest absolute Gasteiger partial charge is 0.352 e. The molecule has 1 aromatic heterocycles. The number of guanidine groups is 1. The summed E-state index contributed by atoms with van der Waals surface area (Å²) in [5, 5.41) is 9.05. The third kappa shape index (κ3) is 5.07. The van der Waals surface area contributed by atoms with Gasteiger partial charge in [-0.25, -0.2) is 0 Å². The number of hydrogen-bond donors (Lipinski definition) is 2. The fourth-order valence-electron chi connectivity index (χ4n) is 2.68. The van der Waals surface area contributed by atoms with Gasteiger partial charge < -0.3 is 10.6 Å². The van der Waals surface area contributed by atoms with Crippen molar-refractivity contribution >= 4 is 57.2 Å². The highest BCUT2D eigenvalue weighted by Crippen LogP contribution is 2.29. The quantitative estimate of drug-likeness (QED) is 0.392. The van der Waals surface area contributed by atoms with Gasteiger partial charge in [-0.05, 0) is 41.3 Å². The Kier molecular flexibility index (Phi) is 6.77. The first kappa shape index (κ1) is 17.5. The molecule has 1 saturated heterocycles. The van der Waals surface area contributed by atoms with Gasteiger partial charge in [0.05, 0.1) is 6.54 Å². The Morgan fingerprint density at radius 3 is 2.90 bits per heavy atom. The second kappa shape index (κ2) is 8.12. The van der Waals surface area contributed by atoms with Crippen molar-refractivity contribution in [2.75, 3.05) is 20.1 Å². The van der Waals surface area contributed by atoms with Crippen molar-refractivity contribution in [1.82, 2.24) is 15.5 Å². The molecule has 0 amide bonds. The number of halogens is 2. The number of nitrogens with one attached hydrogen (secondary N) is 2. The van der Waals surface area contributed by atoms with E-state index in [0.717, 1.165) is 29.6 Å². The highest BCUT2D eigenvalue weighted by Gasteiger charge is 2.34. The number of thiophene rings is 1. The van der Waals surface area contributed by atoms with Gasteiger partial charge >= 0.3 is 0 Å². The summed E-state index contributed by atoms with van der Waals surface area (Å²) in [4.78, 5) is 8.25. The highest BCUT2D eigenvalue weighted by atomic mass is 127. The molecular formula is C14H22BrIN4S. The van der Waals surface area contributed by atoms with Crippen LogP contribution in [0.25, 0.3) is 0 Å². The fraction of sp³-hybridized carbons (Fsp3) is 0.643. The van der Waals surface area contributed by atoms with Crippen LogP contribution in [0.5, 0.6) is 0 Å². The molecule has 1 aromatic rings. The topological polar surface area (TPSA) is 39.7 Å². The molecule has 21 heavy (non-hydrogen) atoms. The Morgan fingerprint density at radius 1 is 1.48 bits per heavy atom. The molecule has 2 aliphatic rings. The van der Waals surface area contributed by atoms with E-state index in [-0.39, 0.29) is 24.0 Å². The maximum Gasteiger partial charge on any atom is 0.191 e. The van der Waals surface area contributed by atoms with Crippen LogP contribution in [-0.2, 0) is 6.54 Å². The van der Waals surface area contributed by atoms with Gasteiger partial charge in [0.1, 0.15) is 0 Å². The van der Waals surface area contributed by atoms with E-state index in [2.05, 4.69) is 47.9 Å². The maximum atomic E-state index is 4.33. The van der Waals surface area contributed by atoms with Gasteiger partial charge in [0.25, 0.3) is 0 Å². The van der Waals surface area contributed by atoms with E-state index in [4.69, 9.17) is 0 Å². The maximum absolute atomic E-state index is 4.33. The summed E-state index contributed by atoms with van der Waals surface area (Å²) in [5.41, 5.74) is 0. The van der Waals surface area contributed by atoms with Gasteiger partial charge in [0.2, 0.25) is 0 Å². The lowest BCUT2D eigenvalue weighted by atomic mass is 10.3. The molecule has 1 unspecified atom stereocenters. The van der Waals surface area contributed by atoms with Crippen LogP contribution in [0, 0.1) is 0 Å². The van der Waals surface area contributed by atoms with Crippen LogP contribution in [-0.4, -0.2) is 43.1 Å². The normalized spacial score (nSPS) is 23.0. The molecule has 2 fully saturated rings. The van der Waals surface area contributed by atoms with Crippen LogP contribution < -0.4 is 10.6 Å². The first-order valence-electron chi connectivity index (χ1n) is 7.19. The van der Waals surface area contributed by atoms with Gasteiger partial charge in [0.15, 0.2) is 5.96 Å². The second-order valence-corrected chi connectivity index (χ2v) is 7.42. The summed E-state index contributed by atoms with van der Waals surface area (Å²) in [5.74, 6) is 0.914. The van der Waals surface area contributed by atoms with Gasteiger partial charge in [-0.15, -0.1) is 35.3 Å². The van der Waals surface area contributed by atoms with Crippen molar-refractivity contribution in [3.63, 3.8) is 0 Å². The Hall–Kier alpha value is 0.140. The Labute approximate surface area is 155 Å². The highest BCUT2D eigenvalue weighted by molar-refractivity contribution is 14.0. The lowest BCUT2D eigenvalue weighted by Gasteiger charge is -2.18. The summed E-state index contributed by atoms with van der Waals surface area (Å²) in [6, 6.07) is 3.56. The molecule has 2 N–H and O–H groups in total. The first-order valence-corrected chi connectivity index (χ1v) is 8.86. The van der Waals surface area contributed by atoms with E-state index in [1.165, 1.54) is 30.7 Å². The summed E-state index contributed by atoms with van der Waals surface area (Å²) >= 11 is 5.24. The van der Waals surface area contributed by atoms with Crippen LogP contribution in [0.15, 0.2) is 20.9 Å². The second-order valence-electron chi connectivity index (χ2n) is 5.51. The van der Waals surface area contributed by atoms with Crippen molar-refractivity contribution in [2.45, 2.75) is 37.9 Å². The van der Waals surface area contributed by atoms with E-state index in [9.17, 15) is 0 Å². The zero-order valence-electron chi connectivity index (χ0n) is 12.1. The molecule has 1 saturated carbocycles. The van der Waals surface area contributed by atoms with Gasteiger partial charge in [-0.2, -0.15) is 0 Å². The molecule has 0 spiro atoms. The smallest absolute Gasteiger partial charge is 0.191 e. The van der Waals surface area contributed by atoms with Crippen molar-refractivity contribution in [3.8, 4) is 0 Å². The Bertz CT molecular complexity index is 489. The molecule has 0 radical (unpaired) electrons. The minimum Gasteiger partial charge on any atom is -0.352 e. The lowest BCUT2D eigenvalue weighted by molar-refractivity contribution is 0.321. The molecule has 1 aliphatic heterocycles. The van der Waals surface area contributed by atoms with Crippen LogP contribution in [0.4, 0.5) is 0 Å². The van der Waals surface area contributed by atoms with Crippen LogP contribution in [0.1, 0.15) is 24.1 Å². The van der Waals surface area contributed by atoms with Gasteiger partial charge in [-0.3, -0.25) is 9.89 Å². The molecule has 2 heterocycles. The SMILES string of the molecule is CN=C(NCc1cc(Br)cs1)NC1CCN(C2CC2)C1.I. The van der Waals surface area contributed by atoms with E-state index in [0.29, 0.717) is 6.04 Å². The number of likely N-dealkylation sites (tertiary alicyclic amines) is 1.